The fourth-order valence-corrected chi connectivity index (χ4v) is 4.14. The van der Waals surface area contributed by atoms with Gasteiger partial charge in [0.1, 0.15) is 17.3 Å². The Hall–Kier alpha value is -2.08. The highest BCUT2D eigenvalue weighted by molar-refractivity contribution is 6.00. The van der Waals surface area contributed by atoms with E-state index in [4.69, 9.17) is 9.47 Å². The van der Waals surface area contributed by atoms with E-state index in [-0.39, 0.29) is 17.3 Å². The summed E-state index contributed by atoms with van der Waals surface area (Å²) >= 11 is 0. The lowest BCUT2D eigenvalue weighted by Crippen LogP contribution is -2.54. The molecule has 1 N–H and O–H groups in total. The van der Waals surface area contributed by atoms with E-state index >= 15 is 0 Å². The molecule has 1 aromatic carbocycles. The molecule has 0 bridgehead atoms. The lowest BCUT2D eigenvalue weighted by molar-refractivity contribution is -0.117. The second kappa shape index (κ2) is 6.33. The molecule has 1 amide bonds. The number of amides is 1. The van der Waals surface area contributed by atoms with Gasteiger partial charge in [-0.3, -0.25) is 4.79 Å². The quantitative estimate of drug-likeness (QED) is 0.906. The van der Waals surface area contributed by atoms with Crippen molar-refractivity contribution >= 4 is 16.8 Å². The van der Waals surface area contributed by atoms with Crippen molar-refractivity contribution in [3.05, 3.63) is 29.7 Å². The molecule has 6 heteroatoms. The fraction of sp³-hybridized carbons (Fsp3) is 0.526. The average molecular weight is 346 g/mol. The van der Waals surface area contributed by atoms with Gasteiger partial charge in [0.25, 0.3) is 5.91 Å². The number of fused-ring (bicyclic) bond motifs is 1. The number of H-pyrrole nitrogens is 1. The summed E-state index contributed by atoms with van der Waals surface area (Å²) in [5.41, 5.74) is 0.510. The Kier molecular flexibility index (Phi) is 4.15. The van der Waals surface area contributed by atoms with Gasteiger partial charge in [-0.1, -0.05) is 19.3 Å². The predicted molar refractivity (Wildman–Crippen MR) is 92.5 cm³/mol. The fourth-order valence-electron chi connectivity index (χ4n) is 4.14. The maximum Gasteiger partial charge on any atom is 0.270 e. The largest absolute Gasteiger partial charge is 0.496 e. The van der Waals surface area contributed by atoms with Crippen LogP contribution in [0.2, 0.25) is 0 Å². The normalized spacial score (nSPS) is 20.2. The van der Waals surface area contributed by atoms with Gasteiger partial charge >= 0.3 is 0 Å². The van der Waals surface area contributed by atoms with E-state index in [1.807, 2.05) is 4.90 Å². The van der Waals surface area contributed by atoms with Gasteiger partial charge in [-0.15, -0.1) is 0 Å². The molecule has 0 radical (unpaired) electrons. The first kappa shape index (κ1) is 16.4. The molecule has 0 unspecified atom stereocenters. The summed E-state index contributed by atoms with van der Waals surface area (Å²) in [5, 5.41) is 0.589. The molecule has 134 valence electrons. The van der Waals surface area contributed by atoms with E-state index < -0.39 is 0 Å². The van der Waals surface area contributed by atoms with E-state index in [1.165, 1.54) is 19.6 Å². The van der Waals surface area contributed by atoms with Crippen molar-refractivity contribution in [3.63, 3.8) is 0 Å². The zero-order chi connectivity index (χ0) is 17.4. The first-order valence-electron chi connectivity index (χ1n) is 8.90. The van der Waals surface area contributed by atoms with Crippen LogP contribution in [-0.2, 0) is 4.74 Å². The molecule has 25 heavy (non-hydrogen) atoms. The summed E-state index contributed by atoms with van der Waals surface area (Å²) in [6.45, 7) is 1.74. The van der Waals surface area contributed by atoms with Crippen molar-refractivity contribution in [2.24, 2.45) is 0 Å². The highest BCUT2D eigenvalue weighted by atomic mass is 19.1. The monoisotopic (exact) mass is 346 g/mol. The first-order valence-corrected chi connectivity index (χ1v) is 8.90. The van der Waals surface area contributed by atoms with Gasteiger partial charge < -0.3 is 19.4 Å². The highest BCUT2D eigenvalue weighted by Crippen LogP contribution is 2.35. The number of halogens is 1. The Morgan fingerprint density at radius 3 is 2.88 bits per heavy atom. The minimum absolute atomic E-state index is 0.106. The van der Waals surface area contributed by atoms with Gasteiger partial charge in [0.2, 0.25) is 0 Å². The number of hydrogen-bond acceptors (Lipinski definition) is 3. The molecular weight excluding hydrogens is 323 g/mol. The molecule has 1 saturated heterocycles. The smallest absolute Gasteiger partial charge is 0.270 e. The molecule has 1 aliphatic heterocycles. The summed E-state index contributed by atoms with van der Waals surface area (Å²) in [6, 6.07) is 4.60. The van der Waals surface area contributed by atoms with E-state index in [0.29, 0.717) is 42.0 Å². The summed E-state index contributed by atoms with van der Waals surface area (Å²) in [6.07, 6.45) is 5.55. The number of carbonyl (C=O) groups excluding carboxylic acids is 1. The number of carbonyl (C=O) groups is 1. The van der Waals surface area contributed by atoms with Crippen LogP contribution in [0.25, 0.3) is 10.9 Å². The minimum atomic E-state index is -0.388. The molecule has 2 aliphatic rings. The Morgan fingerprint density at radius 1 is 1.32 bits per heavy atom. The number of hydrogen-bond donors (Lipinski definition) is 1. The second-order valence-corrected chi connectivity index (χ2v) is 7.04. The maximum atomic E-state index is 14.1. The van der Waals surface area contributed by atoms with Crippen LogP contribution in [0.1, 0.15) is 42.6 Å². The highest BCUT2D eigenvalue weighted by Gasteiger charge is 2.39. The van der Waals surface area contributed by atoms with Crippen LogP contribution in [0.4, 0.5) is 4.39 Å². The molecule has 1 aromatic heterocycles. The zero-order valence-corrected chi connectivity index (χ0v) is 14.4. The number of benzene rings is 1. The van der Waals surface area contributed by atoms with Crippen LogP contribution in [0.3, 0.4) is 0 Å². The molecule has 0 atom stereocenters. The van der Waals surface area contributed by atoms with E-state index in [0.717, 1.165) is 25.7 Å². The van der Waals surface area contributed by atoms with Crippen molar-refractivity contribution in [1.29, 1.82) is 0 Å². The molecule has 1 spiro atoms. The maximum absolute atomic E-state index is 14.1. The number of nitrogens with one attached hydrogen (secondary N) is 1. The third kappa shape index (κ3) is 2.88. The molecule has 4 rings (SSSR count). The Bertz CT molecular complexity index is 790. The number of methoxy groups -OCH3 is 1. The topological polar surface area (TPSA) is 54.6 Å². The zero-order valence-electron chi connectivity index (χ0n) is 14.4. The van der Waals surface area contributed by atoms with Crippen molar-refractivity contribution < 1.29 is 18.7 Å². The first-order chi connectivity index (χ1) is 12.1. The standard InChI is InChI=1S/C19H23FN2O3/c1-24-16-6-5-14(20)17-13(16)11-15(21-17)18(23)22-9-10-25-19(12-22)7-3-2-4-8-19/h5-6,11,21H,2-4,7-10,12H2,1H3. The van der Waals surface area contributed by atoms with Gasteiger partial charge in [0.05, 0.1) is 31.4 Å². The Morgan fingerprint density at radius 2 is 2.12 bits per heavy atom. The van der Waals surface area contributed by atoms with Crippen LogP contribution in [0, 0.1) is 5.82 Å². The van der Waals surface area contributed by atoms with Crippen LogP contribution >= 0.6 is 0 Å². The number of rotatable bonds is 2. The molecule has 5 nitrogen and oxygen atoms in total. The number of morpholine rings is 1. The van der Waals surface area contributed by atoms with E-state index in [1.54, 1.807) is 12.1 Å². The third-order valence-electron chi connectivity index (χ3n) is 5.45. The molecule has 2 fully saturated rings. The number of nitrogens with zero attached hydrogens (tertiary/aromatic N) is 1. The summed E-state index contributed by atoms with van der Waals surface area (Å²) in [4.78, 5) is 17.8. The van der Waals surface area contributed by atoms with Crippen molar-refractivity contribution in [2.75, 3.05) is 26.8 Å². The second-order valence-electron chi connectivity index (χ2n) is 7.04. The van der Waals surface area contributed by atoms with Gasteiger partial charge in [0.15, 0.2) is 0 Å². The van der Waals surface area contributed by atoms with Gasteiger partial charge in [0, 0.05) is 11.9 Å². The van der Waals surface area contributed by atoms with Crippen molar-refractivity contribution in [1.82, 2.24) is 9.88 Å². The van der Waals surface area contributed by atoms with E-state index in [9.17, 15) is 9.18 Å². The summed E-state index contributed by atoms with van der Waals surface area (Å²) in [5.74, 6) is 0.0592. The molecule has 2 heterocycles. The van der Waals surface area contributed by atoms with Crippen LogP contribution in [0.15, 0.2) is 18.2 Å². The molecule has 1 saturated carbocycles. The SMILES string of the molecule is COc1ccc(F)c2[nH]c(C(=O)N3CCOC4(CCCCC4)C3)cc12. The number of aromatic nitrogens is 1. The molecular formula is C19H23FN2O3. The third-order valence-corrected chi connectivity index (χ3v) is 5.45. The van der Waals surface area contributed by atoms with Crippen LogP contribution in [0.5, 0.6) is 5.75 Å². The predicted octanol–water partition coefficient (Wildman–Crippen LogP) is 3.49. The summed E-state index contributed by atoms with van der Waals surface area (Å²) < 4.78 is 25.4. The van der Waals surface area contributed by atoms with Gasteiger partial charge in [-0.05, 0) is 31.0 Å². The number of ether oxygens (including phenoxy) is 2. The van der Waals surface area contributed by atoms with Gasteiger partial charge in [-0.2, -0.15) is 0 Å². The van der Waals surface area contributed by atoms with Crippen molar-refractivity contribution in [3.8, 4) is 5.75 Å². The summed E-state index contributed by atoms with van der Waals surface area (Å²) in [7, 11) is 1.54. The van der Waals surface area contributed by atoms with Gasteiger partial charge in [-0.25, -0.2) is 4.39 Å². The average Bonchev–Trinajstić information content (AvgIpc) is 3.08. The molecule has 2 aromatic rings. The molecule has 1 aliphatic carbocycles. The lowest BCUT2D eigenvalue weighted by Gasteiger charge is -2.44. The van der Waals surface area contributed by atoms with Crippen molar-refractivity contribution in [2.45, 2.75) is 37.7 Å². The Labute approximate surface area is 146 Å². The minimum Gasteiger partial charge on any atom is -0.496 e. The number of aromatic amines is 1. The Balaban J connectivity index is 1.62. The van der Waals surface area contributed by atoms with Crippen LogP contribution < -0.4 is 4.74 Å². The van der Waals surface area contributed by atoms with Crippen LogP contribution in [-0.4, -0.2) is 48.2 Å². The van der Waals surface area contributed by atoms with E-state index in [2.05, 4.69) is 4.98 Å². The lowest BCUT2D eigenvalue weighted by atomic mass is 9.83.